The molecule has 1 aliphatic rings. The third-order valence-electron chi connectivity index (χ3n) is 5.93. The fourth-order valence-corrected chi connectivity index (χ4v) is 4.73. The van der Waals surface area contributed by atoms with Crippen LogP contribution in [0.1, 0.15) is 129 Å². The molecule has 1 rings (SSSR count). The van der Waals surface area contributed by atoms with Crippen molar-refractivity contribution < 1.29 is 9.59 Å². The fourth-order valence-electron chi connectivity index (χ4n) is 4.25. The van der Waals surface area contributed by atoms with E-state index in [1.165, 1.54) is 127 Å². The SMILES string of the molecule is CC(=O)SCC(=O)CC1CCCCCCCCCCCCCCCCCC1. The molecule has 1 saturated carbocycles. The lowest BCUT2D eigenvalue weighted by molar-refractivity contribution is -0.118. The Morgan fingerprint density at radius 3 is 1.30 bits per heavy atom. The van der Waals surface area contributed by atoms with Gasteiger partial charge in [-0.3, -0.25) is 9.59 Å². The number of thioether (sulfide) groups is 1. The van der Waals surface area contributed by atoms with Gasteiger partial charge in [0.2, 0.25) is 0 Å². The van der Waals surface area contributed by atoms with E-state index < -0.39 is 0 Å². The summed E-state index contributed by atoms with van der Waals surface area (Å²) >= 11 is 1.18. The lowest BCUT2D eigenvalue weighted by Gasteiger charge is -2.16. The molecule has 0 aromatic carbocycles. The van der Waals surface area contributed by atoms with Crippen LogP contribution in [0, 0.1) is 5.92 Å². The van der Waals surface area contributed by atoms with Crippen molar-refractivity contribution >= 4 is 22.7 Å². The van der Waals surface area contributed by atoms with E-state index in [9.17, 15) is 9.59 Å². The van der Waals surface area contributed by atoms with Crippen LogP contribution in [0.2, 0.25) is 0 Å². The van der Waals surface area contributed by atoms with E-state index in [2.05, 4.69) is 0 Å². The zero-order valence-corrected chi connectivity index (χ0v) is 18.8. The van der Waals surface area contributed by atoms with Gasteiger partial charge < -0.3 is 0 Å². The summed E-state index contributed by atoms with van der Waals surface area (Å²) in [6.07, 6.45) is 25.2. The normalized spacial score (nSPS) is 20.9. The first-order chi connectivity index (χ1) is 13.2. The summed E-state index contributed by atoms with van der Waals surface area (Å²) in [5.74, 6) is 1.21. The minimum Gasteiger partial charge on any atom is -0.299 e. The monoisotopic (exact) mass is 396 g/mol. The molecule has 0 bridgehead atoms. The van der Waals surface area contributed by atoms with Gasteiger partial charge in [0.1, 0.15) is 5.78 Å². The second kappa shape index (κ2) is 17.8. The zero-order valence-electron chi connectivity index (χ0n) is 17.9. The second-order valence-electron chi connectivity index (χ2n) is 8.62. The predicted octanol–water partition coefficient (Wildman–Crippen LogP) is 7.88. The molecule has 2 nitrogen and oxygen atoms in total. The van der Waals surface area contributed by atoms with Gasteiger partial charge in [-0.2, -0.15) is 0 Å². The molecule has 0 aromatic rings. The van der Waals surface area contributed by atoms with Crippen molar-refractivity contribution in [2.24, 2.45) is 5.92 Å². The molecule has 0 N–H and O–H groups in total. The van der Waals surface area contributed by atoms with Crippen molar-refractivity contribution in [2.75, 3.05) is 5.75 Å². The highest BCUT2D eigenvalue weighted by Gasteiger charge is 2.14. The van der Waals surface area contributed by atoms with Crippen molar-refractivity contribution in [2.45, 2.75) is 129 Å². The lowest BCUT2D eigenvalue weighted by Crippen LogP contribution is -2.12. The first kappa shape index (κ1) is 24.7. The van der Waals surface area contributed by atoms with Crippen molar-refractivity contribution in [1.82, 2.24) is 0 Å². The molecule has 0 unspecified atom stereocenters. The van der Waals surface area contributed by atoms with Crippen LogP contribution in [-0.4, -0.2) is 16.7 Å². The van der Waals surface area contributed by atoms with Gasteiger partial charge in [-0.15, -0.1) is 0 Å². The number of Topliss-reactive ketones (excluding diaryl/α,β-unsaturated/α-hetero) is 1. The highest BCUT2D eigenvalue weighted by molar-refractivity contribution is 8.14. The van der Waals surface area contributed by atoms with Crippen molar-refractivity contribution in [1.29, 1.82) is 0 Å². The average molecular weight is 397 g/mol. The molecular formula is C24H44O2S. The number of carbonyl (C=O) groups is 2. The Balaban J connectivity index is 2.34. The van der Waals surface area contributed by atoms with Crippen LogP contribution >= 0.6 is 11.8 Å². The minimum atomic E-state index is 0.0591. The molecule has 0 atom stereocenters. The molecule has 0 amide bonds. The van der Waals surface area contributed by atoms with Crippen LogP contribution in [-0.2, 0) is 9.59 Å². The van der Waals surface area contributed by atoms with Crippen molar-refractivity contribution in [3.8, 4) is 0 Å². The van der Waals surface area contributed by atoms with Crippen molar-refractivity contribution in [3.63, 3.8) is 0 Å². The predicted molar refractivity (Wildman–Crippen MR) is 119 cm³/mol. The topological polar surface area (TPSA) is 34.1 Å². The van der Waals surface area contributed by atoms with Crippen LogP contribution in [0.4, 0.5) is 0 Å². The van der Waals surface area contributed by atoms with Gasteiger partial charge in [0.05, 0.1) is 5.75 Å². The van der Waals surface area contributed by atoms with E-state index >= 15 is 0 Å². The van der Waals surface area contributed by atoms with Crippen LogP contribution < -0.4 is 0 Å². The van der Waals surface area contributed by atoms with Crippen molar-refractivity contribution in [3.05, 3.63) is 0 Å². The summed E-state index contributed by atoms with van der Waals surface area (Å²) < 4.78 is 0. The van der Waals surface area contributed by atoms with E-state index in [0.29, 0.717) is 18.1 Å². The Morgan fingerprint density at radius 2 is 0.963 bits per heavy atom. The Hall–Kier alpha value is -0.310. The number of rotatable bonds is 4. The van der Waals surface area contributed by atoms with Gasteiger partial charge in [-0.05, 0) is 5.92 Å². The molecule has 0 radical (unpaired) electrons. The maximum Gasteiger partial charge on any atom is 0.186 e. The van der Waals surface area contributed by atoms with Gasteiger partial charge in [-0.25, -0.2) is 0 Å². The second-order valence-corrected chi connectivity index (χ2v) is 9.78. The summed E-state index contributed by atoms with van der Waals surface area (Å²) in [4.78, 5) is 23.3. The Labute approximate surface area is 173 Å². The zero-order chi connectivity index (χ0) is 19.6. The molecule has 1 aliphatic carbocycles. The number of carbonyl (C=O) groups excluding carboxylic acids is 2. The minimum absolute atomic E-state index is 0.0591. The van der Waals surface area contributed by atoms with E-state index in [0.717, 1.165) is 0 Å². The molecule has 0 saturated heterocycles. The Kier molecular flexibility index (Phi) is 16.3. The fraction of sp³-hybridized carbons (Fsp3) is 0.917. The smallest absolute Gasteiger partial charge is 0.186 e. The third kappa shape index (κ3) is 16.4. The van der Waals surface area contributed by atoms with Crippen LogP contribution in [0.15, 0.2) is 0 Å². The van der Waals surface area contributed by atoms with Gasteiger partial charge in [0.15, 0.2) is 5.12 Å². The molecule has 3 heteroatoms. The van der Waals surface area contributed by atoms with Crippen LogP contribution in [0.5, 0.6) is 0 Å². The first-order valence-electron chi connectivity index (χ1n) is 11.8. The van der Waals surface area contributed by atoms with Crippen LogP contribution in [0.25, 0.3) is 0 Å². The molecule has 0 heterocycles. The molecule has 1 fully saturated rings. The Morgan fingerprint density at radius 1 is 0.630 bits per heavy atom. The molecule has 0 spiro atoms. The molecule has 27 heavy (non-hydrogen) atoms. The summed E-state index contributed by atoms with van der Waals surface area (Å²) in [6.45, 7) is 1.55. The first-order valence-corrected chi connectivity index (χ1v) is 12.8. The standard InChI is InChI=1S/C24H44O2S/c1-22(25)27-21-24(26)20-23-18-16-14-12-10-8-6-4-2-3-5-7-9-11-13-15-17-19-23/h23H,2-21H2,1H3. The highest BCUT2D eigenvalue weighted by atomic mass is 32.2. The lowest BCUT2D eigenvalue weighted by atomic mass is 9.90. The van der Waals surface area contributed by atoms with E-state index in [-0.39, 0.29) is 10.9 Å². The van der Waals surface area contributed by atoms with Gasteiger partial charge >= 0.3 is 0 Å². The highest BCUT2D eigenvalue weighted by Crippen LogP contribution is 2.24. The largest absolute Gasteiger partial charge is 0.299 e. The van der Waals surface area contributed by atoms with E-state index in [4.69, 9.17) is 0 Å². The summed E-state index contributed by atoms with van der Waals surface area (Å²) in [5, 5.41) is 0.0591. The number of hydrogen-bond donors (Lipinski definition) is 0. The maximum atomic E-state index is 12.2. The third-order valence-corrected chi connectivity index (χ3v) is 6.80. The summed E-state index contributed by atoms with van der Waals surface area (Å²) in [6, 6.07) is 0. The number of ketones is 1. The Bertz CT molecular complexity index is 361. The summed E-state index contributed by atoms with van der Waals surface area (Å²) in [7, 11) is 0. The van der Waals surface area contributed by atoms with Gasteiger partial charge in [-0.1, -0.05) is 127 Å². The maximum absolute atomic E-state index is 12.2. The molecule has 0 aliphatic heterocycles. The van der Waals surface area contributed by atoms with Crippen LogP contribution in [0.3, 0.4) is 0 Å². The number of hydrogen-bond acceptors (Lipinski definition) is 3. The van der Waals surface area contributed by atoms with E-state index in [1.807, 2.05) is 0 Å². The van der Waals surface area contributed by atoms with E-state index in [1.54, 1.807) is 6.92 Å². The summed E-state index contributed by atoms with van der Waals surface area (Å²) in [5.41, 5.74) is 0. The quantitative estimate of drug-likeness (QED) is 0.484. The molecule has 0 aromatic heterocycles. The molecular weight excluding hydrogens is 352 g/mol. The average Bonchev–Trinajstić information content (AvgIpc) is 2.64. The van der Waals surface area contributed by atoms with Gasteiger partial charge in [0, 0.05) is 13.3 Å². The van der Waals surface area contributed by atoms with Gasteiger partial charge in [0.25, 0.3) is 0 Å². The molecule has 158 valence electrons.